The van der Waals surface area contributed by atoms with Gasteiger partial charge in [0.05, 0.1) is 12.2 Å². The molecule has 0 aliphatic heterocycles. The molecule has 0 amide bonds. The summed E-state index contributed by atoms with van der Waals surface area (Å²) in [5, 5.41) is 12.1. The van der Waals surface area contributed by atoms with Gasteiger partial charge in [0, 0.05) is 18.3 Å². The number of rotatable bonds is 6. The van der Waals surface area contributed by atoms with E-state index >= 15 is 0 Å². The summed E-state index contributed by atoms with van der Waals surface area (Å²) in [4.78, 5) is 10.8. The fraction of sp³-hybridized carbons (Fsp3) is 0.188. The van der Waals surface area contributed by atoms with Crippen molar-refractivity contribution < 1.29 is 14.6 Å². The van der Waals surface area contributed by atoms with Crippen LogP contribution in [0.1, 0.15) is 22.8 Å². The van der Waals surface area contributed by atoms with E-state index in [1.165, 1.54) is 0 Å². The Morgan fingerprint density at radius 1 is 1.20 bits per heavy atom. The molecular formula is C16H17NO3. The van der Waals surface area contributed by atoms with E-state index in [1.807, 2.05) is 43.3 Å². The predicted octanol–water partition coefficient (Wildman–Crippen LogP) is 3.40. The van der Waals surface area contributed by atoms with E-state index in [2.05, 4.69) is 5.32 Å². The van der Waals surface area contributed by atoms with Crippen molar-refractivity contribution in [2.45, 2.75) is 13.5 Å². The van der Waals surface area contributed by atoms with Gasteiger partial charge in [-0.2, -0.15) is 0 Å². The van der Waals surface area contributed by atoms with Crippen LogP contribution in [-0.2, 0) is 6.54 Å². The van der Waals surface area contributed by atoms with E-state index in [9.17, 15) is 4.79 Å². The zero-order chi connectivity index (χ0) is 14.4. The molecule has 0 aromatic heterocycles. The van der Waals surface area contributed by atoms with Crippen LogP contribution in [0.2, 0.25) is 0 Å². The Kier molecular flexibility index (Phi) is 4.60. The fourth-order valence-electron chi connectivity index (χ4n) is 1.83. The molecule has 4 heteroatoms. The fourth-order valence-corrected chi connectivity index (χ4v) is 1.83. The highest BCUT2D eigenvalue weighted by molar-refractivity contribution is 5.87. The van der Waals surface area contributed by atoms with Crippen LogP contribution in [0.5, 0.6) is 5.75 Å². The van der Waals surface area contributed by atoms with Crippen molar-refractivity contribution in [2.75, 3.05) is 11.9 Å². The molecule has 0 heterocycles. The van der Waals surface area contributed by atoms with E-state index in [1.54, 1.807) is 12.1 Å². The van der Waals surface area contributed by atoms with Gasteiger partial charge in [-0.3, -0.25) is 0 Å². The molecule has 0 aliphatic rings. The van der Waals surface area contributed by atoms with Crippen molar-refractivity contribution in [3.63, 3.8) is 0 Å². The Morgan fingerprint density at radius 2 is 1.95 bits per heavy atom. The van der Waals surface area contributed by atoms with E-state index < -0.39 is 5.97 Å². The maximum atomic E-state index is 10.8. The van der Waals surface area contributed by atoms with Gasteiger partial charge in [0.2, 0.25) is 0 Å². The largest absolute Gasteiger partial charge is 0.494 e. The first-order valence-electron chi connectivity index (χ1n) is 6.48. The maximum absolute atomic E-state index is 10.8. The van der Waals surface area contributed by atoms with E-state index in [0.29, 0.717) is 18.7 Å². The first-order chi connectivity index (χ1) is 9.69. The van der Waals surface area contributed by atoms with Gasteiger partial charge in [0.25, 0.3) is 0 Å². The Morgan fingerprint density at radius 3 is 2.60 bits per heavy atom. The third kappa shape index (κ3) is 3.75. The van der Waals surface area contributed by atoms with Crippen LogP contribution >= 0.6 is 0 Å². The first kappa shape index (κ1) is 13.9. The minimum Gasteiger partial charge on any atom is -0.494 e. The van der Waals surface area contributed by atoms with Gasteiger partial charge in [0.15, 0.2) is 0 Å². The van der Waals surface area contributed by atoms with Gasteiger partial charge >= 0.3 is 5.97 Å². The SMILES string of the molecule is CCOc1cccc(NCc2ccc(C(=O)O)cc2)c1. The molecule has 2 aromatic carbocycles. The topological polar surface area (TPSA) is 58.6 Å². The molecule has 20 heavy (non-hydrogen) atoms. The van der Waals surface area contributed by atoms with Gasteiger partial charge < -0.3 is 15.2 Å². The highest BCUT2D eigenvalue weighted by Gasteiger charge is 2.02. The summed E-state index contributed by atoms with van der Waals surface area (Å²) >= 11 is 0. The lowest BCUT2D eigenvalue weighted by Crippen LogP contribution is -2.01. The number of carbonyl (C=O) groups is 1. The number of hydrogen-bond donors (Lipinski definition) is 2. The quantitative estimate of drug-likeness (QED) is 0.845. The van der Waals surface area contributed by atoms with E-state index in [-0.39, 0.29) is 0 Å². The molecule has 0 aliphatic carbocycles. The number of carboxylic acid groups (broad SMARTS) is 1. The highest BCUT2D eigenvalue weighted by atomic mass is 16.5. The van der Waals surface area contributed by atoms with Crippen LogP contribution in [0.15, 0.2) is 48.5 Å². The molecule has 2 rings (SSSR count). The van der Waals surface area contributed by atoms with Gasteiger partial charge in [0.1, 0.15) is 5.75 Å². The number of aromatic carboxylic acids is 1. The van der Waals surface area contributed by atoms with Crippen molar-refractivity contribution in [1.29, 1.82) is 0 Å². The number of carboxylic acids is 1. The van der Waals surface area contributed by atoms with Crippen LogP contribution in [0, 0.1) is 0 Å². The van der Waals surface area contributed by atoms with Crippen LogP contribution in [0.25, 0.3) is 0 Å². The lowest BCUT2D eigenvalue weighted by atomic mass is 10.1. The lowest BCUT2D eigenvalue weighted by Gasteiger charge is -2.09. The first-order valence-corrected chi connectivity index (χ1v) is 6.48. The lowest BCUT2D eigenvalue weighted by molar-refractivity contribution is 0.0697. The third-order valence-electron chi connectivity index (χ3n) is 2.84. The Labute approximate surface area is 118 Å². The van der Waals surface area contributed by atoms with Crippen molar-refractivity contribution in [2.24, 2.45) is 0 Å². The molecule has 0 unspecified atom stereocenters. The number of anilines is 1. The summed E-state index contributed by atoms with van der Waals surface area (Å²) in [6.07, 6.45) is 0. The Hall–Kier alpha value is -2.49. The summed E-state index contributed by atoms with van der Waals surface area (Å²) in [6, 6.07) is 14.6. The number of nitrogens with one attached hydrogen (secondary N) is 1. The second-order valence-corrected chi connectivity index (χ2v) is 4.32. The number of hydrogen-bond acceptors (Lipinski definition) is 3. The van der Waals surface area contributed by atoms with Crippen LogP contribution in [-0.4, -0.2) is 17.7 Å². The summed E-state index contributed by atoms with van der Waals surface area (Å²) < 4.78 is 5.44. The molecule has 2 aromatic rings. The molecule has 2 N–H and O–H groups in total. The zero-order valence-corrected chi connectivity index (χ0v) is 11.3. The number of benzene rings is 2. The third-order valence-corrected chi connectivity index (χ3v) is 2.84. The zero-order valence-electron chi connectivity index (χ0n) is 11.3. The van der Waals surface area contributed by atoms with E-state index in [0.717, 1.165) is 17.0 Å². The summed E-state index contributed by atoms with van der Waals surface area (Å²) in [5.41, 5.74) is 2.29. The predicted molar refractivity (Wildman–Crippen MR) is 78.3 cm³/mol. The summed E-state index contributed by atoms with van der Waals surface area (Å²) in [7, 11) is 0. The normalized spacial score (nSPS) is 10.1. The van der Waals surface area contributed by atoms with E-state index in [4.69, 9.17) is 9.84 Å². The molecule has 0 saturated heterocycles. The van der Waals surface area contributed by atoms with Crippen molar-refractivity contribution in [3.05, 3.63) is 59.7 Å². The Bertz CT molecular complexity index is 579. The van der Waals surface area contributed by atoms with Gasteiger partial charge in [-0.15, -0.1) is 0 Å². The molecule has 0 atom stereocenters. The van der Waals surface area contributed by atoms with Crippen molar-refractivity contribution in [3.8, 4) is 5.75 Å². The molecule has 4 nitrogen and oxygen atoms in total. The minimum absolute atomic E-state index is 0.298. The molecule has 104 valence electrons. The molecule has 0 radical (unpaired) electrons. The average molecular weight is 271 g/mol. The highest BCUT2D eigenvalue weighted by Crippen LogP contribution is 2.18. The van der Waals surface area contributed by atoms with Crippen molar-refractivity contribution >= 4 is 11.7 Å². The molecule has 0 bridgehead atoms. The average Bonchev–Trinajstić information content (AvgIpc) is 2.46. The summed E-state index contributed by atoms with van der Waals surface area (Å²) in [5.74, 6) is -0.0763. The monoisotopic (exact) mass is 271 g/mol. The van der Waals surface area contributed by atoms with Crippen LogP contribution in [0.4, 0.5) is 5.69 Å². The molecular weight excluding hydrogens is 254 g/mol. The Balaban J connectivity index is 1.97. The van der Waals surface area contributed by atoms with Gasteiger partial charge in [-0.1, -0.05) is 18.2 Å². The second kappa shape index (κ2) is 6.61. The van der Waals surface area contributed by atoms with Gasteiger partial charge in [-0.05, 0) is 36.8 Å². The number of ether oxygens (including phenoxy) is 1. The van der Waals surface area contributed by atoms with Gasteiger partial charge in [-0.25, -0.2) is 4.79 Å². The second-order valence-electron chi connectivity index (χ2n) is 4.32. The van der Waals surface area contributed by atoms with Crippen molar-refractivity contribution in [1.82, 2.24) is 0 Å². The van der Waals surface area contributed by atoms with Crippen LogP contribution in [0.3, 0.4) is 0 Å². The smallest absolute Gasteiger partial charge is 0.335 e. The molecule has 0 saturated carbocycles. The summed E-state index contributed by atoms with van der Waals surface area (Å²) in [6.45, 7) is 3.22. The van der Waals surface area contributed by atoms with Crippen LogP contribution < -0.4 is 10.1 Å². The minimum atomic E-state index is -0.908. The molecule has 0 spiro atoms. The standard InChI is InChI=1S/C16H17NO3/c1-2-20-15-5-3-4-14(10-15)17-11-12-6-8-13(9-7-12)16(18)19/h3-10,17H,2,11H2,1H3,(H,18,19). The maximum Gasteiger partial charge on any atom is 0.335 e. The molecule has 0 fully saturated rings.